The van der Waals surface area contributed by atoms with Gasteiger partial charge in [0.15, 0.2) is 6.61 Å². The lowest BCUT2D eigenvalue weighted by Crippen LogP contribution is -2.21. The van der Waals surface area contributed by atoms with Gasteiger partial charge in [-0.15, -0.1) is 0 Å². The van der Waals surface area contributed by atoms with Crippen LogP contribution in [-0.2, 0) is 14.3 Å². The molecule has 2 aromatic rings. The third kappa shape index (κ3) is 7.23. The predicted octanol–water partition coefficient (Wildman–Crippen LogP) is 5.10. The van der Waals surface area contributed by atoms with Crippen LogP contribution in [0.15, 0.2) is 46.9 Å². The summed E-state index contributed by atoms with van der Waals surface area (Å²) in [5, 5.41) is 3.58. The maximum Gasteiger partial charge on any atom is 0.306 e. The van der Waals surface area contributed by atoms with Gasteiger partial charge in [0.1, 0.15) is 5.75 Å². The summed E-state index contributed by atoms with van der Waals surface area (Å²) in [6.45, 7) is -0.0457. The van der Waals surface area contributed by atoms with Gasteiger partial charge in [-0.2, -0.15) is 0 Å². The Bertz CT molecular complexity index is 786. The molecule has 0 aromatic heterocycles. The Morgan fingerprint density at radius 3 is 2.65 bits per heavy atom. The van der Waals surface area contributed by atoms with Gasteiger partial charge in [-0.3, -0.25) is 9.59 Å². The van der Waals surface area contributed by atoms with Gasteiger partial charge in [-0.05, 0) is 42.8 Å². The Balaban J connectivity index is 1.63. The number of nitrogens with one attached hydrogen (secondary N) is 1. The molecular weight excluding hydrogens is 445 g/mol. The number of halogens is 3. The van der Waals surface area contributed by atoms with Crippen LogP contribution in [0.4, 0.5) is 5.69 Å². The van der Waals surface area contributed by atoms with Crippen LogP contribution in [0.1, 0.15) is 12.8 Å². The minimum absolute atomic E-state index is 0.137. The Morgan fingerprint density at radius 2 is 1.92 bits per heavy atom. The Hall–Kier alpha value is -1.76. The van der Waals surface area contributed by atoms with E-state index < -0.39 is 11.9 Å². The molecule has 138 valence electrons. The van der Waals surface area contributed by atoms with Gasteiger partial charge >= 0.3 is 5.97 Å². The number of ether oxygens (including phenoxy) is 2. The van der Waals surface area contributed by atoms with Crippen molar-refractivity contribution in [2.24, 2.45) is 0 Å². The first-order valence-corrected chi connectivity index (χ1v) is 9.28. The summed E-state index contributed by atoms with van der Waals surface area (Å²) in [4.78, 5) is 23.4. The second kappa shape index (κ2) is 10.4. The molecule has 5 nitrogen and oxygen atoms in total. The van der Waals surface area contributed by atoms with Crippen LogP contribution in [0.2, 0.25) is 10.0 Å². The number of esters is 1. The molecule has 0 aliphatic rings. The predicted molar refractivity (Wildman–Crippen MR) is 105 cm³/mol. The Kier molecular flexibility index (Phi) is 8.22. The van der Waals surface area contributed by atoms with E-state index in [4.69, 9.17) is 32.7 Å². The highest BCUT2D eigenvalue weighted by Gasteiger charge is 2.09. The van der Waals surface area contributed by atoms with Crippen LogP contribution >= 0.6 is 39.1 Å². The average molecular weight is 461 g/mol. The van der Waals surface area contributed by atoms with E-state index in [0.29, 0.717) is 34.5 Å². The molecular formula is C18H16BrCl2NO4. The topological polar surface area (TPSA) is 64.6 Å². The second-order valence-corrected chi connectivity index (χ2v) is 7.01. The zero-order valence-electron chi connectivity index (χ0n) is 13.6. The Labute approximate surface area is 169 Å². The van der Waals surface area contributed by atoms with Gasteiger partial charge in [-0.1, -0.05) is 45.2 Å². The van der Waals surface area contributed by atoms with Crippen molar-refractivity contribution in [1.29, 1.82) is 0 Å². The number of hydrogen-bond acceptors (Lipinski definition) is 4. The van der Waals surface area contributed by atoms with Crippen molar-refractivity contribution in [2.75, 3.05) is 18.5 Å². The molecule has 2 aromatic carbocycles. The summed E-state index contributed by atoms with van der Waals surface area (Å²) in [7, 11) is 0. The lowest BCUT2D eigenvalue weighted by atomic mass is 10.3. The number of carbonyl (C=O) groups excluding carboxylic acids is 2. The van der Waals surface area contributed by atoms with Crippen LogP contribution in [-0.4, -0.2) is 25.1 Å². The fourth-order valence-electron chi connectivity index (χ4n) is 1.97. The number of carbonyl (C=O) groups is 2. The van der Waals surface area contributed by atoms with Crippen molar-refractivity contribution in [2.45, 2.75) is 12.8 Å². The van der Waals surface area contributed by atoms with E-state index in [0.717, 1.165) is 4.47 Å². The fraction of sp³-hybridized carbons (Fsp3) is 0.222. The van der Waals surface area contributed by atoms with Crippen molar-refractivity contribution in [3.63, 3.8) is 0 Å². The van der Waals surface area contributed by atoms with Gasteiger partial charge in [-0.25, -0.2) is 0 Å². The summed E-state index contributed by atoms with van der Waals surface area (Å²) >= 11 is 15.2. The number of rotatable bonds is 8. The first kappa shape index (κ1) is 20.6. The molecule has 0 spiro atoms. The van der Waals surface area contributed by atoms with Crippen LogP contribution in [0.3, 0.4) is 0 Å². The number of anilines is 1. The molecule has 26 heavy (non-hydrogen) atoms. The summed E-state index contributed by atoms with van der Waals surface area (Å²) < 4.78 is 11.3. The lowest BCUT2D eigenvalue weighted by molar-refractivity contribution is -0.147. The van der Waals surface area contributed by atoms with E-state index in [2.05, 4.69) is 21.2 Å². The zero-order valence-corrected chi connectivity index (χ0v) is 16.7. The minimum atomic E-state index is -0.475. The molecule has 0 heterocycles. The number of hydrogen-bond donors (Lipinski definition) is 1. The summed E-state index contributed by atoms with van der Waals surface area (Å²) in [5.74, 6) is -0.362. The van der Waals surface area contributed by atoms with Crippen LogP contribution in [0, 0.1) is 0 Å². The van der Waals surface area contributed by atoms with Crippen molar-refractivity contribution in [3.8, 4) is 5.75 Å². The number of benzene rings is 2. The smallest absolute Gasteiger partial charge is 0.306 e. The molecule has 0 unspecified atom stereocenters. The quantitative estimate of drug-likeness (QED) is 0.439. The van der Waals surface area contributed by atoms with Gasteiger partial charge in [0.05, 0.1) is 11.6 Å². The van der Waals surface area contributed by atoms with E-state index in [9.17, 15) is 9.59 Å². The average Bonchev–Trinajstić information content (AvgIpc) is 2.58. The van der Waals surface area contributed by atoms with Crippen molar-refractivity contribution < 1.29 is 19.1 Å². The molecule has 0 radical (unpaired) electrons. The third-order valence-corrected chi connectivity index (χ3v) is 4.17. The molecule has 0 aliphatic carbocycles. The van der Waals surface area contributed by atoms with Crippen molar-refractivity contribution in [3.05, 3.63) is 57.0 Å². The minimum Gasteiger partial charge on any atom is -0.492 e. The molecule has 1 N–H and O–H groups in total. The van der Waals surface area contributed by atoms with Crippen molar-refractivity contribution in [1.82, 2.24) is 0 Å². The summed E-state index contributed by atoms with van der Waals surface area (Å²) in [6.07, 6.45) is 0.583. The first-order valence-electron chi connectivity index (χ1n) is 7.73. The molecule has 8 heteroatoms. The SMILES string of the molecule is O=C(COC(=O)CCCOc1ccc(Br)cc1Cl)Nc1cccc(Cl)c1. The van der Waals surface area contributed by atoms with Gasteiger partial charge < -0.3 is 14.8 Å². The third-order valence-electron chi connectivity index (χ3n) is 3.15. The van der Waals surface area contributed by atoms with Crippen LogP contribution in [0.5, 0.6) is 5.75 Å². The summed E-state index contributed by atoms with van der Waals surface area (Å²) in [5.41, 5.74) is 0.540. The van der Waals surface area contributed by atoms with Gasteiger partial charge in [0.25, 0.3) is 5.91 Å². The molecule has 2 rings (SSSR count). The monoisotopic (exact) mass is 459 g/mol. The second-order valence-electron chi connectivity index (χ2n) is 5.25. The molecule has 0 saturated carbocycles. The largest absolute Gasteiger partial charge is 0.492 e. The highest BCUT2D eigenvalue weighted by molar-refractivity contribution is 9.10. The van der Waals surface area contributed by atoms with Crippen LogP contribution < -0.4 is 10.1 Å². The molecule has 1 amide bonds. The molecule has 0 atom stereocenters. The van der Waals surface area contributed by atoms with Gasteiger partial charge in [0.2, 0.25) is 0 Å². The van der Waals surface area contributed by atoms with E-state index in [1.54, 1.807) is 36.4 Å². The van der Waals surface area contributed by atoms with Crippen molar-refractivity contribution >= 4 is 56.7 Å². The molecule has 0 bridgehead atoms. The highest BCUT2D eigenvalue weighted by Crippen LogP contribution is 2.27. The van der Waals surface area contributed by atoms with Crippen LogP contribution in [0.25, 0.3) is 0 Å². The Morgan fingerprint density at radius 1 is 1.12 bits per heavy atom. The first-order chi connectivity index (χ1) is 12.4. The normalized spacial score (nSPS) is 10.3. The molecule has 0 aliphatic heterocycles. The lowest BCUT2D eigenvalue weighted by Gasteiger charge is -2.09. The van der Waals surface area contributed by atoms with Gasteiger partial charge in [0, 0.05) is 21.6 Å². The van der Waals surface area contributed by atoms with E-state index >= 15 is 0 Å². The van der Waals surface area contributed by atoms with E-state index in [1.165, 1.54) is 0 Å². The number of amides is 1. The van der Waals surface area contributed by atoms with E-state index in [-0.39, 0.29) is 13.0 Å². The zero-order chi connectivity index (χ0) is 18.9. The standard InChI is InChI=1S/C18H16BrCl2NO4/c19-12-6-7-16(15(21)9-12)25-8-2-5-18(24)26-11-17(23)22-14-4-1-3-13(20)10-14/h1,3-4,6-7,9-10H,2,5,8,11H2,(H,22,23). The van der Waals surface area contributed by atoms with E-state index in [1.807, 2.05) is 6.07 Å². The maximum absolute atomic E-state index is 11.7. The molecule has 0 fully saturated rings. The highest BCUT2D eigenvalue weighted by atomic mass is 79.9. The molecule has 0 saturated heterocycles. The maximum atomic E-state index is 11.7. The summed E-state index contributed by atoms with van der Waals surface area (Å²) in [6, 6.07) is 12.0. The fourth-order valence-corrected chi connectivity index (χ4v) is 2.89.